The van der Waals surface area contributed by atoms with Crippen LogP contribution in [-0.2, 0) is 57.2 Å². The van der Waals surface area contributed by atoms with Crippen LogP contribution in [0.3, 0.4) is 0 Å². The summed E-state index contributed by atoms with van der Waals surface area (Å²) in [5, 5.41) is 24.5. The zero-order valence-electron chi connectivity index (χ0n) is 44.3. The molecule has 1 saturated carbocycles. The summed E-state index contributed by atoms with van der Waals surface area (Å²) in [4.78, 5) is 89.8. The maximum atomic E-state index is 14.5. The normalized spacial score (nSPS) is 37.9. The van der Waals surface area contributed by atoms with Crippen molar-refractivity contribution in [1.82, 2.24) is 9.96 Å². The number of Topliss-reactive ketones (excluding diaryl/α,β-unsaturated/α-hetero) is 3. The molecule has 1 aliphatic carbocycles. The SMILES string of the molecule is COC1C(=O)C(C)CC(C)/C=C/C=C/C=C(\C)[C@@H](OC)CC2CCC(C)C(O)(O2)C(=O)C(=O)N2CCCCC2C(=O)O[C@H]([C@H](C)CC2CC[C@@H](OC(=O)N(C)OC)C(OC)C2)CC(=O)C(C)/C=C(\C)[C@H]1O. The van der Waals surface area contributed by atoms with Crippen molar-refractivity contribution < 1.29 is 72.2 Å². The fourth-order valence-corrected chi connectivity index (χ4v) is 10.5. The van der Waals surface area contributed by atoms with E-state index in [1.165, 1.54) is 26.2 Å². The Morgan fingerprint density at radius 3 is 2.25 bits per heavy atom. The number of carbonyl (C=O) groups is 6. The first-order chi connectivity index (χ1) is 33.6. The Morgan fingerprint density at radius 1 is 0.873 bits per heavy atom. The van der Waals surface area contributed by atoms with Crippen LogP contribution < -0.4 is 0 Å². The Morgan fingerprint density at radius 2 is 1.59 bits per heavy atom. The first-order valence-corrected chi connectivity index (χ1v) is 25.6. The van der Waals surface area contributed by atoms with E-state index in [4.69, 9.17) is 33.3 Å². The molecule has 71 heavy (non-hydrogen) atoms. The summed E-state index contributed by atoms with van der Waals surface area (Å²) in [7, 11) is 7.30. The number of ether oxygens (including phenoxy) is 6. The maximum Gasteiger partial charge on any atom is 0.434 e. The van der Waals surface area contributed by atoms with E-state index in [9.17, 15) is 39.0 Å². The molecular formula is C54H84N2O15. The van der Waals surface area contributed by atoms with Crippen molar-refractivity contribution in [3.8, 4) is 0 Å². The average Bonchev–Trinajstić information content (AvgIpc) is 3.35. The molecule has 2 bridgehead atoms. The van der Waals surface area contributed by atoms with E-state index in [1.807, 2.05) is 51.2 Å². The van der Waals surface area contributed by atoms with Gasteiger partial charge in [0.1, 0.15) is 36.2 Å². The van der Waals surface area contributed by atoms with E-state index in [1.54, 1.807) is 48.0 Å². The number of aliphatic hydroxyl groups excluding tert-OH is 1. The summed E-state index contributed by atoms with van der Waals surface area (Å²) >= 11 is 0. The number of aliphatic hydroxyl groups is 2. The Kier molecular flexibility index (Phi) is 23.3. The number of cyclic esters (lactones) is 1. The molecule has 400 valence electrons. The van der Waals surface area contributed by atoms with Crippen molar-refractivity contribution >= 4 is 35.3 Å². The van der Waals surface area contributed by atoms with Crippen molar-refractivity contribution in [2.24, 2.45) is 35.5 Å². The third kappa shape index (κ3) is 15.9. The van der Waals surface area contributed by atoms with Crippen LogP contribution in [0.4, 0.5) is 4.79 Å². The van der Waals surface area contributed by atoms with E-state index >= 15 is 0 Å². The van der Waals surface area contributed by atoms with Crippen LogP contribution in [0.5, 0.6) is 0 Å². The van der Waals surface area contributed by atoms with Crippen LogP contribution in [0.2, 0.25) is 0 Å². The molecule has 17 heteroatoms. The summed E-state index contributed by atoms with van der Waals surface area (Å²) < 4.78 is 35.4. The standard InChI is InChI=1S/C54H84N2O15/c1-32-18-14-13-15-19-33(2)44(65-9)30-40-23-21-38(7)54(64,71-40)50(60)51(61)56-25-17-16-20-41(56)52(62)69-45(31-42(57)34(3)27-37(6)48(59)49(67-11)47(58)36(5)26-32)35(4)28-39-22-24-43(46(29-39)66-10)70-53(63)55(8)68-12/h13-15,18-19,27,32,34-36,38-41,43-46,48-49,59,64H,16-17,20-26,28-31H2,1-12H3/b15-13+,18-14+,33-19+,37-27+/t32?,34?,35-,36?,38?,39?,40?,41?,43-,44+,45+,46?,48-,49?,54?/m1/s1. The number of fused-ring (bicyclic) bond motifs is 3. The molecule has 10 unspecified atom stereocenters. The summed E-state index contributed by atoms with van der Waals surface area (Å²) in [6, 6.07) is -1.18. The molecule has 0 aromatic rings. The van der Waals surface area contributed by atoms with Gasteiger partial charge in [-0.2, -0.15) is 5.06 Å². The lowest BCUT2D eigenvalue weighted by atomic mass is 9.78. The molecule has 2 saturated heterocycles. The van der Waals surface area contributed by atoms with Crippen molar-refractivity contribution in [1.29, 1.82) is 0 Å². The van der Waals surface area contributed by atoms with E-state index in [0.29, 0.717) is 69.8 Å². The lowest BCUT2D eigenvalue weighted by molar-refractivity contribution is -0.265. The van der Waals surface area contributed by atoms with Crippen LogP contribution in [0.1, 0.15) is 126 Å². The first-order valence-electron chi connectivity index (χ1n) is 25.6. The molecule has 3 heterocycles. The molecule has 2 N–H and O–H groups in total. The van der Waals surface area contributed by atoms with Crippen molar-refractivity contribution in [2.75, 3.05) is 42.0 Å². The number of amides is 2. The number of piperidine rings is 1. The number of hydroxylamine groups is 2. The lowest BCUT2D eigenvalue weighted by Crippen LogP contribution is -2.61. The molecule has 3 aliphatic heterocycles. The minimum Gasteiger partial charge on any atom is -0.460 e. The quantitative estimate of drug-likeness (QED) is 0.111. The van der Waals surface area contributed by atoms with Gasteiger partial charge in [0.25, 0.3) is 11.7 Å². The van der Waals surface area contributed by atoms with Gasteiger partial charge in [0, 0.05) is 65.5 Å². The molecule has 0 spiro atoms. The number of allylic oxidation sites excluding steroid dienone is 6. The molecule has 3 fully saturated rings. The third-order valence-corrected chi connectivity index (χ3v) is 15.2. The number of methoxy groups -OCH3 is 3. The molecule has 2 amide bonds. The second-order valence-corrected chi connectivity index (χ2v) is 20.6. The smallest absolute Gasteiger partial charge is 0.434 e. The van der Waals surface area contributed by atoms with E-state index in [0.717, 1.165) is 10.6 Å². The van der Waals surface area contributed by atoms with Gasteiger partial charge in [-0.15, -0.1) is 0 Å². The average molecular weight is 1000 g/mol. The van der Waals surface area contributed by atoms with Gasteiger partial charge in [-0.25, -0.2) is 9.59 Å². The van der Waals surface area contributed by atoms with Gasteiger partial charge in [0.15, 0.2) is 5.78 Å². The maximum absolute atomic E-state index is 14.5. The molecule has 4 aliphatic rings. The van der Waals surface area contributed by atoms with Crippen molar-refractivity contribution in [2.45, 2.75) is 180 Å². The Hall–Kier alpha value is -4.10. The Labute approximate surface area is 421 Å². The van der Waals surface area contributed by atoms with Gasteiger partial charge in [-0.1, -0.05) is 71.1 Å². The van der Waals surface area contributed by atoms with Crippen LogP contribution >= 0.6 is 0 Å². The van der Waals surface area contributed by atoms with Gasteiger partial charge >= 0.3 is 12.1 Å². The highest BCUT2D eigenvalue weighted by atomic mass is 16.7. The number of rotatable bonds is 8. The fourth-order valence-electron chi connectivity index (χ4n) is 10.5. The van der Waals surface area contributed by atoms with Crippen LogP contribution in [0.15, 0.2) is 47.6 Å². The Bertz CT molecular complexity index is 1950. The topological polar surface area (TPSA) is 214 Å². The molecule has 0 aromatic heterocycles. The van der Waals surface area contributed by atoms with E-state index in [2.05, 4.69) is 0 Å². The number of hydrogen-bond acceptors (Lipinski definition) is 15. The minimum atomic E-state index is -2.45. The highest BCUT2D eigenvalue weighted by Gasteiger charge is 2.53. The third-order valence-electron chi connectivity index (χ3n) is 15.2. The molecular weight excluding hydrogens is 917 g/mol. The number of ketones is 3. The largest absolute Gasteiger partial charge is 0.460 e. The van der Waals surface area contributed by atoms with E-state index in [-0.39, 0.29) is 42.8 Å². The van der Waals surface area contributed by atoms with Gasteiger partial charge in [-0.05, 0) is 107 Å². The lowest BCUT2D eigenvalue weighted by Gasteiger charge is -2.42. The monoisotopic (exact) mass is 1000 g/mol. The highest BCUT2D eigenvalue weighted by Crippen LogP contribution is 2.38. The second kappa shape index (κ2) is 27.8. The van der Waals surface area contributed by atoms with E-state index < -0.39 is 102 Å². The fraction of sp³-hybridized carbons (Fsp3) is 0.741. The van der Waals surface area contributed by atoms with Gasteiger partial charge in [-0.3, -0.25) is 24.0 Å². The number of esters is 1. The zero-order chi connectivity index (χ0) is 52.7. The van der Waals surface area contributed by atoms with Gasteiger partial charge < -0.3 is 43.5 Å². The predicted octanol–water partition coefficient (Wildman–Crippen LogP) is 6.82. The number of carbonyl (C=O) groups excluding carboxylic acids is 6. The number of hydrogen-bond donors (Lipinski definition) is 2. The summed E-state index contributed by atoms with van der Waals surface area (Å²) in [5.74, 6) is -8.34. The summed E-state index contributed by atoms with van der Waals surface area (Å²) in [6.45, 7) is 12.6. The van der Waals surface area contributed by atoms with Crippen LogP contribution in [0.25, 0.3) is 0 Å². The van der Waals surface area contributed by atoms with Crippen LogP contribution in [0, 0.1) is 35.5 Å². The van der Waals surface area contributed by atoms with Crippen LogP contribution in [-0.4, -0.2) is 152 Å². The molecule has 17 nitrogen and oxygen atoms in total. The summed E-state index contributed by atoms with van der Waals surface area (Å²) in [5.41, 5.74) is 1.24. The predicted molar refractivity (Wildman–Crippen MR) is 264 cm³/mol. The summed E-state index contributed by atoms with van der Waals surface area (Å²) in [6.07, 6.45) is 9.88. The van der Waals surface area contributed by atoms with Gasteiger partial charge in [0.05, 0.1) is 25.4 Å². The van der Waals surface area contributed by atoms with Crippen molar-refractivity contribution in [3.63, 3.8) is 0 Å². The first kappa shape index (κ1) is 59.5. The molecule has 0 aromatic carbocycles. The second-order valence-electron chi connectivity index (χ2n) is 20.6. The molecule has 0 radical (unpaired) electrons. The van der Waals surface area contributed by atoms with Crippen molar-refractivity contribution in [3.05, 3.63) is 47.6 Å². The molecule has 15 atom stereocenters. The number of nitrogens with zero attached hydrogens (tertiary/aromatic N) is 2. The zero-order valence-corrected chi connectivity index (χ0v) is 44.3. The minimum absolute atomic E-state index is 0.00393. The van der Waals surface area contributed by atoms with Gasteiger partial charge in [0.2, 0.25) is 5.79 Å². The Balaban J connectivity index is 1.69. The highest BCUT2D eigenvalue weighted by molar-refractivity contribution is 6.39. The molecule has 4 rings (SSSR count).